The van der Waals surface area contributed by atoms with Crippen LogP contribution in [0.1, 0.15) is 11.1 Å². The molecule has 0 radical (unpaired) electrons. The highest BCUT2D eigenvalue weighted by molar-refractivity contribution is 7.90. The van der Waals surface area contributed by atoms with Crippen LogP contribution in [0.4, 0.5) is 0 Å². The number of pyridine rings is 1. The normalized spacial score (nSPS) is 11.4. The molecule has 2 aromatic carbocycles. The molecule has 4 rings (SSSR count). The summed E-state index contributed by atoms with van der Waals surface area (Å²) in [5, 5.41) is 9.74. The highest BCUT2D eigenvalue weighted by Gasteiger charge is 2.20. The Bertz CT molecular complexity index is 1300. The van der Waals surface area contributed by atoms with Crippen molar-refractivity contribution in [3.63, 3.8) is 0 Å². The van der Waals surface area contributed by atoms with E-state index in [9.17, 15) is 8.42 Å². The summed E-state index contributed by atoms with van der Waals surface area (Å²) in [5.74, 6) is 0. The maximum Gasteiger partial charge on any atom is 0.268 e. The zero-order valence-corrected chi connectivity index (χ0v) is 15.3. The molecule has 2 heterocycles. The topological polar surface area (TPSA) is 75.8 Å². The van der Waals surface area contributed by atoms with Crippen molar-refractivity contribution in [3.8, 4) is 17.2 Å². The van der Waals surface area contributed by atoms with Crippen molar-refractivity contribution < 1.29 is 8.42 Å². The fourth-order valence-electron chi connectivity index (χ4n) is 3.09. The second-order valence-electron chi connectivity index (χ2n) is 6.24. The van der Waals surface area contributed by atoms with Crippen LogP contribution in [0.15, 0.2) is 78.1 Å². The van der Waals surface area contributed by atoms with E-state index in [-0.39, 0.29) is 4.90 Å². The summed E-state index contributed by atoms with van der Waals surface area (Å²) in [6.45, 7) is 1.86. The predicted octanol–water partition coefficient (Wildman–Crippen LogP) is 4.12. The van der Waals surface area contributed by atoms with Crippen molar-refractivity contribution in [2.75, 3.05) is 0 Å². The van der Waals surface area contributed by atoms with E-state index in [1.165, 1.54) is 3.97 Å². The van der Waals surface area contributed by atoms with Gasteiger partial charge in [0, 0.05) is 23.3 Å². The molecular weight excluding hydrogens is 358 g/mol. The van der Waals surface area contributed by atoms with Gasteiger partial charge < -0.3 is 0 Å². The molecule has 0 aliphatic heterocycles. The van der Waals surface area contributed by atoms with Crippen molar-refractivity contribution in [1.29, 1.82) is 5.26 Å². The van der Waals surface area contributed by atoms with Gasteiger partial charge in [-0.25, -0.2) is 12.4 Å². The van der Waals surface area contributed by atoms with Crippen LogP contribution in [0.25, 0.3) is 22.0 Å². The van der Waals surface area contributed by atoms with E-state index in [0.717, 1.165) is 22.1 Å². The number of nitriles is 1. The molecule has 0 N–H and O–H groups in total. The summed E-state index contributed by atoms with van der Waals surface area (Å²) < 4.78 is 27.4. The van der Waals surface area contributed by atoms with Crippen LogP contribution in [0.2, 0.25) is 0 Å². The minimum atomic E-state index is -3.72. The summed E-state index contributed by atoms with van der Waals surface area (Å²) in [6.07, 6.45) is 4.81. The van der Waals surface area contributed by atoms with Crippen molar-refractivity contribution in [1.82, 2.24) is 8.96 Å². The Kier molecular flexibility index (Phi) is 4.02. The smallest absolute Gasteiger partial charge is 0.262 e. The molecule has 27 heavy (non-hydrogen) atoms. The number of aryl methyl sites for hydroxylation is 1. The van der Waals surface area contributed by atoms with Crippen LogP contribution < -0.4 is 0 Å². The second-order valence-corrected chi connectivity index (χ2v) is 8.06. The summed E-state index contributed by atoms with van der Waals surface area (Å²) in [6, 6.07) is 17.8. The van der Waals surface area contributed by atoms with Gasteiger partial charge in [0.2, 0.25) is 0 Å². The van der Waals surface area contributed by atoms with Gasteiger partial charge in [-0.2, -0.15) is 5.26 Å². The lowest BCUT2D eigenvalue weighted by molar-refractivity contribution is 0.589. The molecular formula is C21H15N3O2S. The van der Waals surface area contributed by atoms with Gasteiger partial charge in [0.1, 0.15) is 0 Å². The lowest BCUT2D eigenvalue weighted by atomic mass is 10.0. The Balaban J connectivity index is 1.89. The van der Waals surface area contributed by atoms with E-state index in [1.54, 1.807) is 55.0 Å². The highest BCUT2D eigenvalue weighted by Crippen LogP contribution is 2.30. The molecule has 0 fully saturated rings. The third-order valence-electron chi connectivity index (χ3n) is 4.45. The van der Waals surface area contributed by atoms with Crippen molar-refractivity contribution >= 4 is 20.9 Å². The van der Waals surface area contributed by atoms with Crippen LogP contribution in [-0.4, -0.2) is 17.4 Å². The predicted molar refractivity (Wildman–Crippen MR) is 104 cm³/mol. The summed E-state index contributed by atoms with van der Waals surface area (Å²) in [7, 11) is -3.72. The first kappa shape index (κ1) is 17.0. The first-order valence-corrected chi connectivity index (χ1v) is 9.72. The fourth-order valence-corrected chi connectivity index (χ4v) is 4.52. The third kappa shape index (κ3) is 2.88. The lowest BCUT2D eigenvalue weighted by Crippen LogP contribution is -2.12. The van der Waals surface area contributed by atoms with Crippen molar-refractivity contribution in [3.05, 3.63) is 84.3 Å². The molecule has 0 atom stereocenters. The van der Waals surface area contributed by atoms with Gasteiger partial charge >= 0.3 is 0 Å². The first-order chi connectivity index (χ1) is 13.0. The van der Waals surface area contributed by atoms with Gasteiger partial charge in [-0.15, -0.1) is 0 Å². The number of hydrogen-bond acceptors (Lipinski definition) is 4. The molecule has 0 unspecified atom stereocenters. The van der Waals surface area contributed by atoms with E-state index in [0.29, 0.717) is 11.1 Å². The maximum absolute atomic E-state index is 13.1. The number of fused-ring (bicyclic) bond motifs is 1. The summed E-state index contributed by atoms with van der Waals surface area (Å²) >= 11 is 0. The number of nitrogens with zero attached hydrogens (tertiary/aromatic N) is 3. The van der Waals surface area contributed by atoms with Crippen LogP contribution in [0, 0.1) is 18.3 Å². The molecule has 4 aromatic rings. The van der Waals surface area contributed by atoms with Crippen LogP contribution in [0.3, 0.4) is 0 Å². The fraction of sp³-hybridized carbons (Fsp3) is 0.0476. The highest BCUT2D eigenvalue weighted by atomic mass is 32.2. The largest absolute Gasteiger partial charge is 0.268 e. The second kappa shape index (κ2) is 6.38. The van der Waals surface area contributed by atoms with E-state index in [2.05, 4.69) is 11.1 Å². The molecule has 0 saturated heterocycles. The van der Waals surface area contributed by atoms with Gasteiger partial charge in [0.25, 0.3) is 10.0 Å². The molecule has 132 valence electrons. The zero-order chi connectivity index (χ0) is 19.0. The van der Waals surface area contributed by atoms with Crippen LogP contribution in [-0.2, 0) is 10.0 Å². The van der Waals surface area contributed by atoms with E-state index in [1.807, 2.05) is 25.1 Å². The first-order valence-electron chi connectivity index (χ1n) is 8.28. The average molecular weight is 373 g/mol. The van der Waals surface area contributed by atoms with Gasteiger partial charge in [-0.3, -0.25) is 4.98 Å². The average Bonchev–Trinajstić information content (AvgIpc) is 3.13. The molecule has 6 heteroatoms. The minimum Gasteiger partial charge on any atom is -0.262 e. The van der Waals surface area contributed by atoms with Gasteiger partial charge in [-0.05, 0) is 48.4 Å². The Hall–Kier alpha value is -3.43. The quantitative estimate of drug-likeness (QED) is 0.541. The Labute approximate surface area is 157 Å². The number of rotatable bonds is 3. The van der Waals surface area contributed by atoms with Crippen LogP contribution >= 0.6 is 0 Å². The van der Waals surface area contributed by atoms with Gasteiger partial charge in [-0.1, -0.05) is 24.3 Å². The number of aromatic nitrogens is 2. The summed E-state index contributed by atoms with van der Waals surface area (Å²) in [4.78, 5) is 4.48. The maximum atomic E-state index is 13.1. The molecule has 5 nitrogen and oxygen atoms in total. The van der Waals surface area contributed by atoms with Crippen LogP contribution in [0.5, 0.6) is 0 Å². The van der Waals surface area contributed by atoms with Crippen molar-refractivity contribution in [2.45, 2.75) is 11.8 Å². The third-order valence-corrected chi connectivity index (χ3v) is 6.14. The van der Waals surface area contributed by atoms with E-state index in [4.69, 9.17) is 5.26 Å². The van der Waals surface area contributed by atoms with E-state index < -0.39 is 10.0 Å². The molecule has 2 aromatic heterocycles. The summed E-state index contributed by atoms with van der Waals surface area (Å²) in [5.41, 5.74) is 3.65. The Morgan fingerprint density at radius 2 is 1.81 bits per heavy atom. The molecule has 0 saturated carbocycles. The Morgan fingerprint density at radius 3 is 2.52 bits per heavy atom. The monoisotopic (exact) mass is 373 g/mol. The lowest BCUT2D eigenvalue weighted by Gasteiger charge is -2.09. The standard InChI is InChI=1S/C21H15N3O2S/c1-15-3-2-4-18(11-15)27(25,26)24-10-9-19-20(13-23-14-21(19)24)17-7-5-16(12-22)6-8-17/h2-11,13-14H,1H3. The number of benzene rings is 2. The van der Waals surface area contributed by atoms with E-state index >= 15 is 0 Å². The molecule has 0 spiro atoms. The molecule has 0 aliphatic rings. The SMILES string of the molecule is Cc1cccc(S(=O)(=O)n2ccc3c(-c4ccc(C#N)cc4)cncc32)c1. The van der Waals surface area contributed by atoms with Gasteiger partial charge in [0.05, 0.1) is 28.2 Å². The zero-order valence-electron chi connectivity index (χ0n) is 14.5. The molecule has 0 bridgehead atoms. The Morgan fingerprint density at radius 1 is 1.04 bits per heavy atom. The van der Waals surface area contributed by atoms with Crippen molar-refractivity contribution in [2.24, 2.45) is 0 Å². The number of hydrogen-bond donors (Lipinski definition) is 0. The van der Waals surface area contributed by atoms with Gasteiger partial charge in [0.15, 0.2) is 0 Å². The minimum absolute atomic E-state index is 0.240. The molecule has 0 aliphatic carbocycles. The molecule has 0 amide bonds.